The van der Waals surface area contributed by atoms with Crippen LogP contribution in [0.3, 0.4) is 0 Å². The molecule has 0 spiro atoms. The van der Waals surface area contributed by atoms with Crippen molar-refractivity contribution >= 4 is 17.0 Å². The van der Waals surface area contributed by atoms with Crippen molar-refractivity contribution in [3.8, 4) is 0 Å². The van der Waals surface area contributed by atoms with Gasteiger partial charge in [-0.15, -0.1) is 0 Å². The third kappa shape index (κ3) is 3.03. The van der Waals surface area contributed by atoms with Gasteiger partial charge in [0.25, 0.3) is 0 Å². The van der Waals surface area contributed by atoms with E-state index in [0.29, 0.717) is 36.5 Å². The van der Waals surface area contributed by atoms with Crippen molar-refractivity contribution in [3.63, 3.8) is 0 Å². The lowest BCUT2D eigenvalue weighted by molar-refractivity contribution is -0.139. The molecule has 1 aliphatic heterocycles. The second kappa shape index (κ2) is 6.48. The molecule has 1 aromatic carbocycles. The van der Waals surface area contributed by atoms with Gasteiger partial charge < -0.3 is 14.1 Å². The number of fused-ring (bicyclic) bond motifs is 1. The minimum absolute atomic E-state index is 0.0664. The summed E-state index contributed by atoms with van der Waals surface area (Å²) >= 11 is 0. The quantitative estimate of drug-likeness (QED) is 0.706. The number of morpholine rings is 1. The Labute approximate surface area is 142 Å². The SMILES string of the molecule is O=C(Cn1c(=O)oc2ccccc21)N1CCO[C@H](c2cnccn2)C1. The van der Waals surface area contributed by atoms with E-state index in [0.717, 1.165) is 0 Å². The molecule has 8 nitrogen and oxygen atoms in total. The zero-order chi connectivity index (χ0) is 17.2. The molecule has 8 heteroatoms. The van der Waals surface area contributed by atoms with Gasteiger partial charge in [-0.25, -0.2) is 4.79 Å². The number of carbonyl (C=O) groups excluding carboxylic acids is 1. The largest absolute Gasteiger partial charge is 0.420 e. The molecule has 0 saturated carbocycles. The van der Waals surface area contributed by atoms with Gasteiger partial charge in [-0.05, 0) is 12.1 Å². The predicted octanol–water partition coefficient (Wildman–Crippen LogP) is 0.985. The Hall–Kier alpha value is -3.00. The molecule has 0 aliphatic carbocycles. The van der Waals surface area contributed by atoms with E-state index in [4.69, 9.17) is 9.15 Å². The maximum atomic E-state index is 12.7. The van der Waals surface area contributed by atoms with E-state index < -0.39 is 5.76 Å². The molecule has 128 valence electrons. The molecule has 25 heavy (non-hydrogen) atoms. The number of ether oxygens (including phenoxy) is 1. The molecule has 1 aliphatic rings. The van der Waals surface area contributed by atoms with Crippen LogP contribution in [0.4, 0.5) is 0 Å². The van der Waals surface area contributed by atoms with E-state index in [9.17, 15) is 9.59 Å². The molecular weight excluding hydrogens is 324 g/mol. The molecular formula is C17H16N4O4. The van der Waals surface area contributed by atoms with Crippen LogP contribution >= 0.6 is 0 Å². The first-order chi connectivity index (χ1) is 12.2. The third-order valence-electron chi connectivity index (χ3n) is 4.20. The van der Waals surface area contributed by atoms with Crippen LogP contribution in [0.2, 0.25) is 0 Å². The summed E-state index contributed by atoms with van der Waals surface area (Å²) in [6, 6.07) is 7.05. The monoisotopic (exact) mass is 340 g/mol. The van der Waals surface area contributed by atoms with Gasteiger partial charge in [0, 0.05) is 18.9 Å². The number of nitrogens with zero attached hydrogens (tertiary/aromatic N) is 4. The molecule has 1 saturated heterocycles. The summed E-state index contributed by atoms with van der Waals surface area (Å²) in [5, 5.41) is 0. The smallest absolute Gasteiger partial charge is 0.408 e. The highest BCUT2D eigenvalue weighted by atomic mass is 16.5. The maximum Gasteiger partial charge on any atom is 0.420 e. The fourth-order valence-electron chi connectivity index (χ4n) is 2.93. The number of rotatable bonds is 3. The van der Waals surface area contributed by atoms with Crippen molar-refractivity contribution in [2.45, 2.75) is 12.6 Å². The van der Waals surface area contributed by atoms with Crippen LogP contribution in [0.5, 0.6) is 0 Å². The summed E-state index contributed by atoms with van der Waals surface area (Å²) in [5.41, 5.74) is 1.77. The first kappa shape index (κ1) is 15.5. The number of oxazole rings is 1. The molecule has 1 fully saturated rings. The molecule has 2 aromatic heterocycles. The molecule has 0 unspecified atom stereocenters. The van der Waals surface area contributed by atoms with Crippen LogP contribution in [0.25, 0.3) is 11.1 Å². The number of hydrogen-bond donors (Lipinski definition) is 0. The van der Waals surface area contributed by atoms with Crippen LogP contribution in [-0.4, -0.2) is 45.0 Å². The molecule has 3 heterocycles. The summed E-state index contributed by atoms with van der Waals surface area (Å²) < 4.78 is 12.2. The van der Waals surface area contributed by atoms with Gasteiger partial charge in [-0.3, -0.25) is 19.3 Å². The average molecular weight is 340 g/mol. The Morgan fingerprint density at radius 2 is 2.16 bits per heavy atom. The Bertz CT molecular complexity index is 950. The lowest BCUT2D eigenvalue weighted by atomic mass is 10.2. The third-order valence-corrected chi connectivity index (χ3v) is 4.20. The van der Waals surface area contributed by atoms with Crippen molar-refractivity contribution in [2.75, 3.05) is 19.7 Å². The number of carbonyl (C=O) groups is 1. The topological polar surface area (TPSA) is 90.5 Å². The van der Waals surface area contributed by atoms with E-state index in [1.165, 1.54) is 4.57 Å². The van der Waals surface area contributed by atoms with Crippen molar-refractivity contribution in [1.29, 1.82) is 0 Å². The number of aromatic nitrogens is 3. The van der Waals surface area contributed by atoms with Crippen molar-refractivity contribution in [1.82, 2.24) is 19.4 Å². The maximum absolute atomic E-state index is 12.7. The minimum Gasteiger partial charge on any atom is -0.408 e. The zero-order valence-corrected chi connectivity index (χ0v) is 13.4. The van der Waals surface area contributed by atoms with E-state index in [1.54, 1.807) is 47.8 Å². The van der Waals surface area contributed by atoms with Crippen LogP contribution in [0, 0.1) is 0 Å². The number of amides is 1. The van der Waals surface area contributed by atoms with E-state index in [-0.39, 0.29) is 18.6 Å². The van der Waals surface area contributed by atoms with Crippen molar-refractivity contribution in [3.05, 3.63) is 59.1 Å². The molecule has 1 amide bonds. The summed E-state index contributed by atoms with van der Waals surface area (Å²) in [5.74, 6) is -0.695. The molecule has 1 atom stereocenters. The Kier molecular flexibility index (Phi) is 4.02. The zero-order valence-electron chi connectivity index (χ0n) is 13.4. The molecule has 0 N–H and O–H groups in total. The highest BCUT2D eigenvalue weighted by Gasteiger charge is 2.27. The van der Waals surface area contributed by atoms with Gasteiger partial charge in [-0.2, -0.15) is 0 Å². The van der Waals surface area contributed by atoms with Crippen molar-refractivity contribution < 1.29 is 13.9 Å². The van der Waals surface area contributed by atoms with Gasteiger partial charge in [-0.1, -0.05) is 12.1 Å². The standard InChI is InChI=1S/C17H16N4O4/c22-16(11-21-13-3-1-2-4-14(13)25-17(21)23)20-7-8-24-15(10-20)12-9-18-5-6-19-12/h1-6,9,15H,7-8,10-11H2/t15-/m0/s1. The van der Waals surface area contributed by atoms with Gasteiger partial charge in [0.1, 0.15) is 12.6 Å². The molecule has 4 rings (SSSR count). The second-order valence-electron chi connectivity index (χ2n) is 5.75. The Balaban J connectivity index is 1.52. The normalized spacial score (nSPS) is 17.8. The van der Waals surface area contributed by atoms with Crippen LogP contribution in [-0.2, 0) is 16.1 Å². The minimum atomic E-state index is -0.534. The fraction of sp³-hybridized carbons (Fsp3) is 0.294. The number of para-hydroxylation sites is 2. The van der Waals surface area contributed by atoms with Crippen LogP contribution < -0.4 is 5.76 Å². The van der Waals surface area contributed by atoms with Gasteiger partial charge >= 0.3 is 5.76 Å². The number of benzene rings is 1. The first-order valence-corrected chi connectivity index (χ1v) is 7.96. The second-order valence-corrected chi connectivity index (χ2v) is 5.75. The molecule has 3 aromatic rings. The van der Waals surface area contributed by atoms with E-state index in [1.807, 2.05) is 0 Å². The fourth-order valence-corrected chi connectivity index (χ4v) is 2.93. The summed E-state index contributed by atoms with van der Waals surface area (Å²) in [6.07, 6.45) is 4.50. The Morgan fingerprint density at radius 3 is 3.00 bits per heavy atom. The highest BCUT2D eigenvalue weighted by Crippen LogP contribution is 2.20. The summed E-state index contributed by atoms with van der Waals surface area (Å²) in [7, 11) is 0. The Morgan fingerprint density at radius 1 is 1.28 bits per heavy atom. The summed E-state index contributed by atoms with van der Waals surface area (Å²) in [6.45, 7) is 1.19. The van der Waals surface area contributed by atoms with Gasteiger partial charge in [0.2, 0.25) is 5.91 Å². The lowest BCUT2D eigenvalue weighted by Gasteiger charge is -2.32. The van der Waals surface area contributed by atoms with Crippen LogP contribution in [0.1, 0.15) is 11.8 Å². The highest BCUT2D eigenvalue weighted by molar-refractivity contribution is 5.79. The lowest BCUT2D eigenvalue weighted by Crippen LogP contribution is -2.44. The van der Waals surface area contributed by atoms with Crippen LogP contribution in [0.15, 0.2) is 52.1 Å². The molecule has 0 bridgehead atoms. The van der Waals surface area contributed by atoms with Crippen molar-refractivity contribution in [2.24, 2.45) is 0 Å². The predicted molar refractivity (Wildman–Crippen MR) is 87.8 cm³/mol. The van der Waals surface area contributed by atoms with E-state index >= 15 is 0 Å². The average Bonchev–Trinajstić information content (AvgIpc) is 2.98. The summed E-state index contributed by atoms with van der Waals surface area (Å²) in [4.78, 5) is 34.6. The molecule has 0 radical (unpaired) electrons. The number of hydrogen-bond acceptors (Lipinski definition) is 6. The van der Waals surface area contributed by atoms with Gasteiger partial charge in [0.05, 0.1) is 30.6 Å². The van der Waals surface area contributed by atoms with E-state index in [2.05, 4.69) is 9.97 Å². The van der Waals surface area contributed by atoms with Gasteiger partial charge in [0.15, 0.2) is 5.58 Å². The first-order valence-electron chi connectivity index (χ1n) is 7.96.